The molecular weight excluding hydrogens is 341 g/mol. The molecule has 1 aromatic heterocycles. The monoisotopic (exact) mass is 359 g/mol. The molecule has 0 saturated carbocycles. The quantitative estimate of drug-likeness (QED) is 0.690. The number of nitrogens with zero attached hydrogens (tertiary/aromatic N) is 1. The van der Waals surface area contributed by atoms with Crippen LogP contribution < -0.4 is 10.6 Å². The minimum absolute atomic E-state index is 0.0497. The number of halogens is 1. The lowest BCUT2D eigenvalue weighted by Gasteiger charge is -2.15. The number of amides is 1. The van der Waals surface area contributed by atoms with Crippen molar-refractivity contribution in [1.29, 1.82) is 0 Å². The van der Waals surface area contributed by atoms with Crippen LogP contribution in [0.15, 0.2) is 79.1 Å². The molecule has 0 saturated heterocycles. The number of benzene rings is 2. The maximum absolute atomic E-state index is 12.9. The summed E-state index contributed by atoms with van der Waals surface area (Å²) in [5.41, 5.74) is 4.48. The molecule has 0 bridgehead atoms. The van der Waals surface area contributed by atoms with Crippen LogP contribution in [0.4, 0.5) is 10.1 Å². The lowest BCUT2D eigenvalue weighted by molar-refractivity contribution is -0.118. The maximum atomic E-state index is 12.9. The van der Waals surface area contributed by atoms with Crippen LogP contribution in [0.3, 0.4) is 0 Å². The second-order valence-corrected chi connectivity index (χ2v) is 6.36. The minimum Gasteiger partial charge on any atom is -0.389 e. The van der Waals surface area contributed by atoms with E-state index in [1.807, 2.05) is 60.8 Å². The largest absolute Gasteiger partial charge is 0.389 e. The first-order valence-corrected chi connectivity index (χ1v) is 8.72. The van der Waals surface area contributed by atoms with Crippen molar-refractivity contribution in [2.75, 3.05) is 11.9 Å². The van der Waals surface area contributed by atoms with Gasteiger partial charge in [0.2, 0.25) is 11.9 Å². The molecule has 1 atom stereocenters. The SMILES string of the molecule is O=C(Nc1ccc(-c2ccc(F)nc2)cc1)[C@@H]1CNC=C1c1ccccc1. The van der Waals surface area contributed by atoms with Crippen LogP contribution in [0.25, 0.3) is 16.7 Å². The van der Waals surface area contributed by atoms with Gasteiger partial charge in [-0.25, -0.2) is 4.98 Å². The third kappa shape index (κ3) is 3.72. The number of carbonyl (C=O) groups is 1. The van der Waals surface area contributed by atoms with Crippen molar-refractivity contribution in [1.82, 2.24) is 10.3 Å². The van der Waals surface area contributed by atoms with Gasteiger partial charge in [-0.2, -0.15) is 4.39 Å². The molecule has 0 spiro atoms. The van der Waals surface area contributed by atoms with Crippen LogP contribution in [0.2, 0.25) is 0 Å². The Morgan fingerprint density at radius 1 is 0.963 bits per heavy atom. The molecule has 0 aliphatic carbocycles. The fourth-order valence-electron chi connectivity index (χ4n) is 3.17. The van der Waals surface area contributed by atoms with Crippen molar-refractivity contribution in [2.45, 2.75) is 0 Å². The summed E-state index contributed by atoms with van der Waals surface area (Å²) in [5, 5.41) is 6.14. The predicted octanol–water partition coefficient (Wildman–Crippen LogP) is 4.09. The van der Waals surface area contributed by atoms with E-state index < -0.39 is 5.95 Å². The van der Waals surface area contributed by atoms with Gasteiger partial charge >= 0.3 is 0 Å². The van der Waals surface area contributed by atoms with Gasteiger partial charge in [-0.3, -0.25) is 4.79 Å². The van der Waals surface area contributed by atoms with Crippen LogP contribution in [-0.2, 0) is 4.79 Å². The van der Waals surface area contributed by atoms with Gasteiger partial charge < -0.3 is 10.6 Å². The third-order valence-corrected chi connectivity index (χ3v) is 4.59. The minimum atomic E-state index is -0.505. The summed E-state index contributed by atoms with van der Waals surface area (Å²) >= 11 is 0. The highest BCUT2D eigenvalue weighted by Gasteiger charge is 2.27. The van der Waals surface area contributed by atoms with E-state index in [4.69, 9.17) is 0 Å². The number of rotatable bonds is 4. The Kier molecular flexibility index (Phi) is 4.66. The average molecular weight is 359 g/mol. The Morgan fingerprint density at radius 2 is 1.70 bits per heavy atom. The molecular formula is C22H18FN3O. The Bertz CT molecular complexity index is 967. The van der Waals surface area contributed by atoms with Gasteiger partial charge in [0.05, 0.1) is 5.92 Å². The molecule has 2 heterocycles. The molecule has 134 valence electrons. The zero-order valence-corrected chi connectivity index (χ0v) is 14.5. The number of hydrogen-bond acceptors (Lipinski definition) is 3. The molecule has 2 N–H and O–H groups in total. The molecule has 0 fully saturated rings. The summed E-state index contributed by atoms with van der Waals surface area (Å²) in [7, 11) is 0. The molecule has 1 aliphatic heterocycles. The average Bonchev–Trinajstić information content (AvgIpc) is 3.20. The number of carbonyl (C=O) groups excluding carboxylic acids is 1. The second kappa shape index (κ2) is 7.41. The first-order chi connectivity index (χ1) is 13.2. The van der Waals surface area contributed by atoms with E-state index in [2.05, 4.69) is 15.6 Å². The Balaban J connectivity index is 1.47. The molecule has 2 aromatic carbocycles. The summed E-state index contributed by atoms with van der Waals surface area (Å²) in [5.74, 6) is -0.797. The van der Waals surface area contributed by atoms with Gasteiger partial charge in [0, 0.05) is 30.2 Å². The summed E-state index contributed by atoms with van der Waals surface area (Å²) in [6.45, 7) is 0.579. The van der Waals surface area contributed by atoms with E-state index in [1.54, 1.807) is 6.07 Å². The summed E-state index contributed by atoms with van der Waals surface area (Å²) < 4.78 is 12.9. The molecule has 4 rings (SSSR count). The summed E-state index contributed by atoms with van der Waals surface area (Å²) in [6.07, 6.45) is 3.40. The normalized spacial score (nSPS) is 15.7. The van der Waals surface area contributed by atoms with E-state index in [9.17, 15) is 9.18 Å². The first-order valence-electron chi connectivity index (χ1n) is 8.72. The number of aromatic nitrogens is 1. The third-order valence-electron chi connectivity index (χ3n) is 4.59. The topological polar surface area (TPSA) is 54.0 Å². The number of pyridine rings is 1. The van der Waals surface area contributed by atoms with Crippen LogP contribution in [0, 0.1) is 11.9 Å². The van der Waals surface area contributed by atoms with Gasteiger partial charge in [-0.1, -0.05) is 42.5 Å². The van der Waals surface area contributed by atoms with Crippen LogP contribution in [0.1, 0.15) is 5.56 Å². The molecule has 3 aromatic rings. The van der Waals surface area contributed by atoms with E-state index in [-0.39, 0.29) is 11.8 Å². The van der Waals surface area contributed by atoms with Crippen molar-refractivity contribution < 1.29 is 9.18 Å². The molecule has 27 heavy (non-hydrogen) atoms. The standard InChI is InChI=1S/C22H18FN3O/c23-21-11-8-17(12-25-21)15-6-9-18(10-7-15)26-22(27)20-14-24-13-19(20)16-4-2-1-3-5-16/h1-13,20,24H,14H2,(H,26,27)/t20-/m1/s1. The van der Waals surface area contributed by atoms with Crippen molar-refractivity contribution in [3.05, 3.63) is 90.6 Å². The molecule has 4 nitrogen and oxygen atoms in total. The Hall–Kier alpha value is -3.47. The number of nitrogens with one attached hydrogen (secondary N) is 2. The van der Waals surface area contributed by atoms with Gasteiger partial charge in [0.15, 0.2) is 0 Å². The zero-order valence-electron chi connectivity index (χ0n) is 14.5. The maximum Gasteiger partial charge on any atom is 0.233 e. The van der Waals surface area contributed by atoms with Gasteiger partial charge in [-0.15, -0.1) is 0 Å². The van der Waals surface area contributed by atoms with E-state index in [1.165, 1.54) is 12.3 Å². The van der Waals surface area contributed by atoms with E-state index in [0.29, 0.717) is 6.54 Å². The fourth-order valence-corrected chi connectivity index (χ4v) is 3.17. The second-order valence-electron chi connectivity index (χ2n) is 6.36. The fraction of sp³-hybridized carbons (Fsp3) is 0.0909. The smallest absolute Gasteiger partial charge is 0.233 e. The Labute approximate surface area is 156 Å². The molecule has 1 aliphatic rings. The van der Waals surface area contributed by atoms with Gasteiger partial charge in [0.25, 0.3) is 0 Å². The molecule has 5 heteroatoms. The highest BCUT2D eigenvalue weighted by molar-refractivity contribution is 6.01. The molecule has 0 unspecified atom stereocenters. The summed E-state index contributed by atoms with van der Waals surface area (Å²) in [4.78, 5) is 16.4. The number of hydrogen-bond donors (Lipinski definition) is 2. The first kappa shape index (κ1) is 17.0. The van der Waals surface area contributed by atoms with Crippen LogP contribution in [0.5, 0.6) is 0 Å². The van der Waals surface area contributed by atoms with Crippen molar-refractivity contribution >= 4 is 17.2 Å². The lowest BCUT2D eigenvalue weighted by atomic mass is 9.94. The Morgan fingerprint density at radius 3 is 2.41 bits per heavy atom. The van der Waals surface area contributed by atoms with Gasteiger partial charge in [-0.05, 0) is 41.0 Å². The van der Waals surface area contributed by atoms with Crippen molar-refractivity contribution in [2.24, 2.45) is 5.92 Å². The van der Waals surface area contributed by atoms with Gasteiger partial charge in [0.1, 0.15) is 0 Å². The predicted molar refractivity (Wildman–Crippen MR) is 104 cm³/mol. The number of anilines is 1. The molecule has 1 amide bonds. The summed E-state index contributed by atoms with van der Waals surface area (Å²) in [6, 6.07) is 20.3. The zero-order chi connectivity index (χ0) is 18.6. The van der Waals surface area contributed by atoms with E-state index in [0.717, 1.165) is 28.0 Å². The van der Waals surface area contributed by atoms with E-state index >= 15 is 0 Å². The van der Waals surface area contributed by atoms with Crippen molar-refractivity contribution in [3.8, 4) is 11.1 Å². The van der Waals surface area contributed by atoms with Crippen molar-refractivity contribution in [3.63, 3.8) is 0 Å². The molecule has 0 radical (unpaired) electrons. The lowest BCUT2D eigenvalue weighted by Crippen LogP contribution is -2.26. The highest BCUT2D eigenvalue weighted by Crippen LogP contribution is 2.28. The van der Waals surface area contributed by atoms with Crippen LogP contribution in [-0.4, -0.2) is 17.4 Å². The highest BCUT2D eigenvalue weighted by atomic mass is 19.1. The van der Waals surface area contributed by atoms with Crippen LogP contribution >= 0.6 is 0 Å².